The minimum Gasteiger partial charge on any atom is -0.316 e. The average Bonchev–Trinajstić information content (AvgIpc) is 2.90. The van der Waals surface area contributed by atoms with Gasteiger partial charge < -0.3 is 10.6 Å². The Balaban J connectivity index is 0.000000180. The standard InChI is InChI=1S/2C8H17N/c2*1-7(2)8(3)4-5-9-6-8/h2*7,9H,4-6H2,1-3H3/t2*8-/m10/s1. The molecule has 2 aliphatic heterocycles. The SMILES string of the molecule is CC(C)[C@@]1(C)CCNC1.CC(C)[C@]1(C)CCNC1. The average molecular weight is 254 g/mol. The van der Waals surface area contributed by atoms with Crippen LogP contribution < -0.4 is 10.6 Å². The number of nitrogens with one attached hydrogen (secondary N) is 2. The highest BCUT2D eigenvalue weighted by atomic mass is 14.9. The second-order valence-electron chi connectivity index (χ2n) is 7.47. The van der Waals surface area contributed by atoms with Gasteiger partial charge in [-0.3, -0.25) is 0 Å². The monoisotopic (exact) mass is 254 g/mol. The maximum atomic E-state index is 3.39. The lowest BCUT2D eigenvalue weighted by Gasteiger charge is -2.27. The van der Waals surface area contributed by atoms with E-state index in [1.807, 2.05) is 0 Å². The molecule has 2 atom stereocenters. The Morgan fingerprint density at radius 2 is 1.06 bits per heavy atom. The largest absolute Gasteiger partial charge is 0.316 e. The Morgan fingerprint density at radius 3 is 1.17 bits per heavy atom. The molecule has 2 heterocycles. The third-order valence-corrected chi connectivity index (χ3v) is 5.59. The number of hydrogen-bond acceptors (Lipinski definition) is 2. The van der Waals surface area contributed by atoms with Crippen LogP contribution in [-0.2, 0) is 0 Å². The molecule has 2 saturated heterocycles. The van der Waals surface area contributed by atoms with Gasteiger partial charge in [-0.15, -0.1) is 0 Å². The van der Waals surface area contributed by atoms with E-state index >= 15 is 0 Å². The Kier molecular flexibility index (Phi) is 5.67. The third kappa shape index (κ3) is 3.96. The summed E-state index contributed by atoms with van der Waals surface area (Å²) in [6, 6.07) is 0. The molecule has 2 N–H and O–H groups in total. The Labute approximate surface area is 114 Å². The predicted molar refractivity (Wildman–Crippen MR) is 80.9 cm³/mol. The van der Waals surface area contributed by atoms with Crippen molar-refractivity contribution in [3.05, 3.63) is 0 Å². The first-order valence-corrected chi connectivity index (χ1v) is 7.72. The van der Waals surface area contributed by atoms with Gasteiger partial charge in [-0.2, -0.15) is 0 Å². The molecule has 0 aromatic rings. The van der Waals surface area contributed by atoms with Gasteiger partial charge in [0.1, 0.15) is 0 Å². The molecular formula is C16H34N2. The summed E-state index contributed by atoms with van der Waals surface area (Å²) in [5.41, 5.74) is 1.17. The molecule has 0 amide bonds. The molecule has 18 heavy (non-hydrogen) atoms. The van der Waals surface area contributed by atoms with Crippen molar-refractivity contribution < 1.29 is 0 Å². The minimum atomic E-state index is 0.583. The quantitative estimate of drug-likeness (QED) is 0.790. The van der Waals surface area contributed by atoms with Crippen LogP contribution in [-0.4, -0.2) is 26.2 Å². The van der Waals surface area contributed by atoms with Gasteiger partial charge in [0, 0.05) is 13.1 Å². The van der Waals surface area contributed by atoms with Gasteiger partial charge in [-0.05, 0) is 48.6 Å². The van der Waals surface area contributed by atoms with Crippen LogP contribution in [0.25, 0.3) is 0 Å². The summed E-state index contributed by atoms with van der Waals surface area (Å²) in [6.45, 7) is 18.9. The van der Waals surface area contributed by atoms with E-state index in [0.717, 1.165) is 11.8 Å². The van der Waals surface area contributed by atoms with Crippen molar-refractivity contribution in [1.82, 2.24) is 10.6 Å². The molecule has 0 aromatic carbocycles. The summed E-state index contributed by atoms with van der Waals surface area (Å²) in [4.78, 5) is 0. The van der Waals surface area contributed by atoms with Crippen LogP contribution in [0.1, 0.15) is 54.4 Å². The summed E-state index contributed by atoms with van der Waals surface area (Å²) in [5.74, 6) is 1.65. The molecule has 2 heteroatoms. The van der Waals surface area contributed by atoms with Crippen LogP contribution in [0.2, 0.25) is 0 Å². The van der Waals surface area contributed by atoms with Gasteiger partial charge in [0.2, 0.25) is 0 Å². The zero-order chi connectivity index (χ0) is 13.8. The van der Waals surface area contributed by atoms with Crippen molar-refractivity contribution in [1.29, 1.82) is 0 Å². The fraction of sp³-hybridized carbons (Fsp3) is 1.00. The number of rotatable bonds is 2. The first-order valence-electron chi connectivity index (χ1n) is 7.72. The maximum Gasteiger partial charge on any atom is 0.000809 e. The highest BCUT2D eigenvalue weighted by Gasteiger charge is 2.31. The Hall–Kier alpha value is -0.0800. The van der Waals surface area contributed by atoms with E-state index in [9.17, 15) is 0 Å². The molecule has 2 fully saturated rings. The molecule has 0 aliphatic carbocycles. The minimum absolute atomic E-state index is 0.583. The highest BCUT2D eigenvalue weighted by Crippen LogP contribution is 2.33. The Morgan fingerprint density at radius 1 is 0.722 bits per heavy atom. The van der Waals surface area contributed by atoms with Crippen LogP contribution in [0.5, 0.6) is 0 Å². The molecule has 0 saturated carbocycles. The summed E-state index contributed by atoms with van der Waals surface area (Å²) in [7, 11) is 0. The van der Waals surface area contributed by atoms with Crippen molar-refractivity contribution in [3.8, 4) is 0 Å². The van der Waals surface area contributed by atoms with Crippen LogP contribution in [0.3, 0.4) is 0 Å². The van der Waals surface area contributed by atoms with Gasteiger partial charge in [-0.25, -0.2) is 0 Å². The van der Waals surface area contributed by atoms with Crippen molar-refractivity contribution in [3.63, 3.8) is 0 Å². The van der Waals surface area contributed by atoms with Crippen LogP contribution in [0, 0.1) is 22.7 Å². The molecule has 0 spiro atoms. The van der Waals surface area contributed by atoms with Gasteiger partial charge in [0.25, 0.3) is 0 Å². The fourth-order valence-corrected chi connectivity index (χ4v) is 2.66. The fourth-order valence-electron chi connectivity index (χ4n) is 2.66. The van der Waals surface area contributed by atoms with Gasteiger partial charge >= 0.3 is 0 Å². The van der Waals surface area contributed by atoms with Crippen molar-refractivity contribution in [2.45, 2.75) is 54.4 Å². The zero-order valence-corrected chi connectivity index (χ0v) is 13.4. The van der Waals surface area contributed by atoms with E-state index in [-0.39, 0.29) is 0 Å². The van der Waals surface area contributed by atoms with Crippen molar-refractivity contribution in [2.24, 2.45) is 22.7 Å². The van der Waals surface area contributed by atoms with E-state index in [4.69, 9.17) is 0 Å². The lowest BCUT2D eigenvalue weighted by molar-refractivity contribution is 0.249. The molecule has 108 valence electrons. The first-order chi connectivity index (χ1) is 8.30. The lowest BCUT2D eigenvalue weighted by atomic mass is 9.79. The molecule has 2 aliphatic rings. The third-order valence-electron chi connectivity index (χ3n) is 5.59. The normalized spacial score (nSPS) is 36.0. The molecule has 0 radical (unpaired) electrons. The van der Waals surface area contributed by atoms with E-state index in [2.05, 4.69) is 52.2 Å². The van der Waals surface area contributed by atoms with E-state index in [1.165, 1.54) is 39.0 Å². The van der Waals surface area contributed by atoms with E-state index in [0.29, 0.717) is 10.8 Å². The van der Waals surface area contributed by atoms with Crippen molar-refractivity contribution >= 4 is 0 Å². The van der Waals surface area contributed by atoms with Gasteiger partial charge in [-0.1, -0.05) is 41.5 Å². The van der Waals surface area contributed by atoms with Crippen LogP contribution in [0.15, 0.2) is 0 Å². The zero-order valence-electron chi connectivity index (χ0n) is 13.4. The smallest absolute Gasteiger partial charge is 0.000809 e. The van der Waals surface area contributed by atoms with E-state index < -0.39 is 0 Å². The number of hydrogen-bond donors (Lipinski definition) is 2. The summed E-state index contributed by atoms with van der Waals surface area (Å²) in [5, 5.41) is 6.79. The molecule has 0 aromatic heterocycles. The summed E-state index contributed by atoms with van der Waals surface area (Å²) in [6.07, 6.45) is 2.70. The maximum absolute atomic E-state index is 3.39. The lowest BCUT2D eigenvalue weighted by Crippen LogP contribution is -2.25. The molecule has 0 unspecified atom stereocenters. The predicted octanol–water partition coefficient (Wildman–Crippen LogP) is 3.28. The molecular weight excluding hydrogens is 220 g/mol. The first kappa shape index (κ1) is 16.0. The van der Waals surface area contributed by atoms with E-state index in [1.54, 1.807) is 0 Å². The topological polar surface area (TPSA) is 24.1 Å². The second kappa shape index (κ2) is 6.38. The molecule has 2 nitrogen and oxygen atoms in total. The van der Waals surface area contributed by atoms with Gasteiger partial charge in [0.05, 0.1) is 0 Å². The van der Waals surface area contributed by atoms with Crippen molar-refractivity contribution in [2.75, 3.05) is 26.2 Å². The van der Waals surface area contributed by atoms with Crippen LogP contribution >= 0.6 is 0 Å². The van der Waals surface area contributed by atoms with Crippen LogP contribution in [0.4, 0.5) is 0 Å². The van der Waals surface area contributed by atoms with Gasteiger partial charge in [0.15, 0.2) is 0 Å². The summed E-state index contributed by atoms with van der Waals surface area (Å²) < 4.78 is 0. The summed E-state index contributed by atoms with van der Waals surface area (Å²) >= 11 is 0. The Bertz CT molecular complexity index is 207. The highest BCUT2D eigenvalue weighted by molar-refractivity contribution is 4.86. The molecule has 2 rings (SSSR count). The second-order valence-corrected chi connectivity index (χ2v) is 7.47. The molecule has 0 bridgehead atoms.